The molecule has 0 heterocycles. The summed E-state index contributed by atoms with van der Waals surface area (Å²) in [5.74, 6) is -1.07. The van der Waals surface area contributed by atoms with E-state index in [1.54, 1.807) is 18.2 Å². The Morgan fingerprint density at radius 3 is 1.95 bits per heavy atom. The molecule has 2 N–H and O–H groups in total. The van der Waals surface area contributed by atoms with Gasteiger partial charge in [-0.3, -0.25) is 4.79 Å². The number of aromatic carboxylic acids is 1. The third-order valence-corrected chi connectivity index (χ3v) is 2.74. The molecule has 2 aromatic rings. The first-order valence-corrected chi connectivity index (χ1v) is 5.91. The van der Waals surface area contributed by atoms with Crippen LogP contribution in [0.5, 0.6) is 5.75 Å². The van der Waals surface area contributed by atoms with Gasteiger partial charge in [0.05, 0.1) is 5.56 Å². The fourth-order valence-corrected chi connectivity index (χ4v) is 1.63. The van der Waals surface area contributed by atoms with Gasteiger partial charge in [-0.1, -0.05) is 30.3 Å². The summed E-state index contributed by atoms with van der Waals surface area (Å²) in [7, 11) is 0. The summed E-state index contributed by atoms with van der Waals surface area (Å²) in [5, 5.41) is 17.9. The summed E-state index contributed by atoms with van der Waals surface area (Å²) in [5.41, 5.74) is 1.35. The van der Waals surface area contributed by atoms with Crippen LogP contribution in [0.15, 0.2) is 54.6 Å². The number of ketones is 1. The molecule has 0 aromatic heterocycles. The quantitative estimate of drug-likeness (QED) is 0.660. The lowest BCUT2D eigenvalue weighted by Crippen LogP contribution is -1.98. The van der Waals surface area contributed by atoms with E-state index in [2.05, 4.69) is 0 Å². The Labute approximate surface area is 115 Å². The maximum Gasteiger partial charge on any atom is 0.335 e. The molecule has 0 amide bonds. The molecule has 0 spiro atoms. The van der Waals surface area contributed by atoms with Crippen LogP contribution < -0.4 is 0 Å². The van der Waals surface area contributed by atoms with Crippen molar-refractivity contribution in [2.45, 2.75) is 0 Å². The van der Waals surface area contributed by atoms with Gasteiger partial charge in [0.15, 0.2) is 5.78 Å². The first kappa shape index (κ1) is 13.5. The molecule has 0 radical (unpaired) electrons. The van der Waals surface area contributed by atoms with Crippen molar-refractivity contribution in [3.63, 3.8) is 0 Å². The van der Waals surface area contributed by atoms with Crippen LogP contribution in [0.3, 0.4) is 0 Å². The Bertz CT molecular complexity index is 652. The van der Waals surface area contributed by atoms with Crippen molar-refractivity contribution in [2.24, 2.45) is 0 Å². The predicted octanol–water partition coefficient (Wildman–Crippen LogP) is 2.99. The molecule has 0 aliphatic rings. The summed E-state index contributed by atoms with van der Waals surface area (Å²) >= 11 is 0. The average Bonchev–Trinajstić information content (AvgIpc) is 2.46. The van der Waals surface area contributed by atoms with Crippen molar-refractivity contribution in [2.75, 3.05) is 0 Å². The van der Waals surface area contributed by atoms with E-state index in [0.717, 1.165) is 5.56 Å². The van der Waals surface area contributed by atoms with Crippen LogP contribution in [0.1, 0.15) is 26.3 Å². The van der Waals surface area contributed by atoms with Gasteiger partial charge in [0.1, 0.15) is 5.75 Å². The molecular formula is C16H12O4. The molecule has 0 bridgehead atoms. The summed E-state index contributed by atoms with van der Waals surface area (Å²) in [4.78, 5) is 22.6. The Morgan fingerprint density at radius 2 is 1.40 bits per heavy atom. The number of carboxylic acid groups (broad SMARTS) is 1. The predicted molar refractivity (Wildman–Crippen MR) is 74.9 cm³/mol. The van der Waals surface area contributed by atoms with Crippen LogP contribution in [-0.4, -0.2) is 22.0 Å². The van der Waals surface area contributed by atoms with E-state index in [4.69, 9.17) is 10.2 Å². The Balaban J connectivity index is 2.11. The van der Waals surface area contributed by atoms with Crippen molar-refractivity contribution in [1.29, 1.82) is 0 Å². The Hall–Kier alpha value is -2.88. The van der Waals surface area contributed by atoms with Gasteiger partial charge in [0, 0.05) is 5.56 Å². The number of hydrogen-bond acceptors (Lipinski definition) is 3. The van der Waals surface area contributed by atoms with Crippen LogP contribution >= 0.6 is 0 Å². The molecule has 0 fully saturated rings. The van der Waals surface area contributed by atoms with Gasteiger partial charge in [0.25, 0.3) is 0 Å². The molecule has 4 heteroatoms. The molecular weight excluding hydrogens is 256 g/mol. The Kier molecular flexibility index (Phi) is 3.96. The number of rotatable bonds is 4. The lowest BCUT2D eigenvalue weighted by Gasteiger charge is -1.98. The maximum atomic E-state index is 11.9. The second-order valence-corrected chi connectivity index (χ2v) is 4.17. The minimum absolute atomic E-state index is 0.143. The standard InChI is InChI=1S/C16H12O4/c17-14-8-1-11(2-9-14)3-10-15(18)12-4-6-13(7-5-12)16(19)20/h1-10,17H,(H,19,20)/b10-3-. The number of benzene rings is 2. The van der Waals surface area contributed by atoms with Crippen molar-refractivity contribution >= 4 is 17.8 Å². The second-order valence-electron chi connectivity index (χ2n) is 4.17. The van der Waals surface area contributed by atoms with Crippen molar-refractivity contribution in [3.8, 4) is 5.75 Å². The van der Waals surface area contributed by atoms with Gasteiger partial charge >= 0.3 is 5.97 Å². The lowest BCUT2D eigenvalue weighted by molar-refractivity contribution is 0.0696. The molecule has 0 atom stereocenters. The molecule has 0 saturated carbocycles. The van der Waals surface area contributed by atoms with Gasteiger partial charge in [-0.05, 0) is 35.9 Å². The van der Waals surface area contributed by atoms with Crippen molar-refractivity contribution < 1.29 is 19.8 Å². The SMILES string of the molecule is O=C(O)c1ccc(C(=O)/C=C\c2ccc(O)cc2)cc1. The first-order valence-electron chi connectivity index (χ1n) is 5.91. The monoisotopic (exact) mass is 268 g/mol. The zero-order valence-corrected chi connectivity index (χ0v) is 10.5. The minimum Gasteiger partial charge on any atom is -0.508 e. The molecule has 2 rings (SSSR count). The number of phenolic OH excluding ortho intramolecular Hbond substituents is 1. The van der Waals surface area contributed by atoms with Crippen LogP contribution in [0.2, 0.25) is 0 Å². The molecule has 0 aliphatic carbocycles. The highest BCUT2D eigenvalue weighted by Crippen LogP contribution is 2.12. The number of carbonyl (C=O) groups excluding carboxylic acids is 1. The molecule has 0 aliphatic heterocycles. The van der Waals surface area contributed by atoms with Crippen LogP contribution in [0, 0.1) is 0 Å². The van der Waals surface area contributed by atoms with E-state index in [9.17, 15) is 9.59 Å². The third-order valence-electron chi connectivity index (χ3n) is 2.74. The average molecular weight is 268 g/mol. The van der Waals surface area contributed by atoms with Crippen molar-refractivity contribution in [3.05, 3.63) is 71.3 Å². The summed E-state index contributed by atoms with van der Waals surface area (Å²) in [6, 6.07) is 12.2. The fraction of sp³-hybridized carbons (Fsp3) is 0. The molecule has 4 nitrogen and oxygen atoms in total. The number of phenols is 1. The van der Waals surface area contributed by atoms with E-state index >= 15 is 0 Å². The number of allylic oxidation sites excluding steroid dienone is 1. The highest BCUT2D eigenvalue weighted by atomic mass is 16.4. The van der Waals surface area contributed by atoms with E-state index < -0.39 is 5.97 Å². The zero-order valence-electron chi connectivity index (χ0n) is 10.5. The van der Waals surface area contributed by atoms with E-state index in [0.29, 0.717) is 5.56 Å². The number of carbonyl (C=O) groups is 2. The van der Waals surface area contributed by atoms with Gasteiger partial charge in [0.2, 0.25) is 0 Å². The second kappa shape index (κ2) is 5.84. The molecule has 2 aromatic carbocycles. The topological polar surface area (TPSA) is 74.6 Å². The maximum absolute atomic E-state index is 11.9. The van der Waals surface area contributed by atoms with E-state index in [1.807, 2.05) is 0 Å². The Morgan fingerprint density at radius 1 is 0.850 bits per heavy atom. The van der Waals surface area contributed by atoms with Gasteiger partial charge in [-0.25, -0.2) is 4.79 Å². The first-order chi connectivity index (χ1) is 9.56. The molecule has 20 heavy (non-hydrogen) atoms. The summed E-state index contributed by atoms with van der Waals surface area (Å²) in [6.07, 6.45) is 3.04. The van der Waals surface area contributed by atoms with Crippen molar-refractivity contribution in [1.82, 2.24) is 0 Å². The fourth-order valence-electron chi connectivity index (χ4n) is 1.63. The normalized spacial score (nSPS) is 10.6. The van der Waals surface area contributed by atoms with Crippen LogP contribution in [0.25, 0.3) is 6.08 Å². The number of carboxylic acids is 1. The number of aromatic hydroxyl groups is 1. The van der Waals surface area contributed by atoms with Crippen LogP contribution in [0.4, 0.5) is 0 Å². The molecule has 100 valence electrons. The molecule has 0 unspecified atom stereocenters. The third kappa shape index (κ3) is 3.32. The van der Waals surface area contributed by atoms with E-state index in [1.165, 1.54) is 42.5 Å². The molecule has 0 saturated heterocycles. The lowest BCUT2D eigenvalue weighted by atomic mass is 10.1. The summed E-state index contributed by atoms with van der Waals surface area (Å²) in [6.45, 7) is 0. The van der Waals surface area contributed by atoms with Gasteiger partial charge in [-0.15, -0.1) is 0 Å². The largest absolute Gasteiger partial charge is 0.508 e. The van der Waals surface area contributed by atoms with E-state index in [-0.39, 0.29) is 17.1 Å². The smallest absolute Gasteiger partial charge is 0.335 e. The number of hydrogen-bond donors (Lipinski definition) is 2. The zero-order chi connectivity index (χ0) is 14.5. The summed E-state index contributed by atoms with van der Waals surface area (Å²) < 4.78 is 0. The van der Waals surface area contributed by atoms with Crippen LogP contribution in [-0.2, 0) is 0 Å². The minimum atomic E-state index is -1.02. The highest BCUT2D eigenvalue weighted by Gasteiger charge is 2.05. The highest BCUT2D eigenvalue weighted by molar-refractivity contribution is 6.07. The van der Waals surface area contributed by atoms with Gasteiger partial charge in [-0.2, -0.15) is 0 Å². The van der Waals surface area contributed by atoms with Gasteiger partial charge < -0.3 is 10.2 Å².